The Morgan fingerprint density at radius 3 is 2.31 bits per heavy atom. The van der Waals surface area contributed by atoms with E-state index in [1.54, 1.807) is 14.2 Å². The van der Waals surface area contributed by atoms with Crippen LogP contribution in [0.25, 0.3) is 0 Å². The van der Waals surface area contributed by atoms with Gasteiger partial charge in [-0.05, 0) is 37.5 Å². The molecular weight excluding hydrogens is 332 g/mol. The molecule has 26 heavy (non-hydrogen) atoms. The molecule has 148 valence electrons. The molecule has 0 aromatic heterocycles. The second-order valence-electron chi connectivity index (χ2n) is 7.79. The lowest BCUT2D eigenvalue weighted by molar-refractivity contribution is -0.321. The van der Waals surface area contributed by atoms with E-state index in [1.165, 1.54) is 0 Å². The van der Waals surface area contributed by atoms with Gasteiger partial charge < -0.3 is 23.7 Å². The molecule has 1 aromatic carbocycles. The molecule has 1 saturated heterocycles. The predicted octanol–water partition coefficient (Wildman–Crippen LogP) is 4.04. The highest BCUT2D eigenvalue weighted by Crippen LogP contribution is 2.32. The largest absolute Gasteiger partial charge is 0.497 e. The maximum atomic E-state index is 6.32. The summed E-state index contributed by atoms with van der Waals surface area (Å²) in [6, 6.07) is 7.98. The van der Waals surface area contributed by atoms with Crippen molar-refractivity contribution < 1.29 is 23.7 Å². The molecule has 0 bridgehead atoms. The molecule has 0 radical (unpaired) electrons. The van der Waals surface area contributed by atoms with Crippen molar-refractivity contribution in [2.45, 2.75) is 65.3 Å². The molecule has 1 aliphatic heterocycles. The first kappa shape index (κ1) is 21.2. The van der Waals surface area contributed by atoms with Crippen LogP contribution in [-0.2, 0) is 25.6 Å². The van der Waals surface area contributed by atoms with Crippen LogP contribution in [0.5, 0.6) is 5.75 Å². The summed E-state index contributed by atoms with van der Waals surface area (Å²) in [5, 5.41) is 0. The van der Waals surface area contributed by atoms with E-state index in [0.29, 0.717) is 19.1 Å². The SMILES string of the molecule is COc1ccc(CO[C@H](C(C)C)[C@@H](C)[C@H]2OC(C)(C)OC[C@@H]2OC)cc1. The van der Waals surface area contributed by atoms with E-state index in [1.807, 2.05) is 38.1 Å². The lowest BCUT2D eigenvalue weighted by Crippen LogP contribution is -2.54. The van der Waals surface area contributed by atoms with Gasteiger partial charge in [0.05, 0.1) is 32.5 Å². The smallest absolute Gasteiger partial charge is 0.163 e. The molecule has 1 fully saturated rings. The molecule has 2 rings (SSSR count). The summed E-state index contributed by atoms with van der Waals surface area (Å²) < 4.78 is 29.1. The molecule has 0 aliphatic carbocycles. The third kappa shape index (κ3) is 5.43. The van der Waals surface area contributed by atoms with Gasteiger partial charge in [-0.3, -0.25) is 0 Å². The van der Waals surface area contributed by atoms with Crippen LogP contribution in [-0.4, -0.2) is 44.9 Å². The van der Waals surface area contributed by atoms with Gasteiger partial charge in [-0.25, -0.2) is 0 Å². The Hall–Kier alpha value is -1.14. The molecule has 4 atom stereocenters. The van der Waals surface area contributed by atoms with E-state index >= 15 is 0 Å². The number of hydrogen-bond donors (Lipinski definition) is 0. The second kappa shape index (κ2) is 9.18. The number of benzene rings is 1. The Morgan fingerprint density at radius 1 is 1.12 bits per heavy atom. The van der Waals surface area contributed by atoms with Crippen molar-refractivity contribution in [2.24, 2.45) is 11.8 Å². The zero-order chi connectivity index (χ0) is 19.3. The fraction of sp³-hybridized carbons (Fsp3) is 0.714. The molecule has 0 spiro atoms. The molecule has 5 heteroatoms. The summed E-state index contributed by atoms with van der Waals surface area (Å²) in [5.74, 6) is 0.769. The van der Waals surface area contributed by atoms with Gasteiger partial charge in [-0.1, -0.05) is 32.9 Å². The molecule has 0 saturated carbocycles. The van der Waals surface area contributed by atoms with Gasteiger partial charge >= 0.3 is 0 Å². The maximum absolute atomic E-state index is 6.32. The maximum Gasteiger partial charge on any atom is 0.163 e. The first-order valence-corrected chi connectivity index (χ1v) is 9.36. The standard InChI is InChI=1S/C21H34O5/c1-14(2)19(24-12-16-8-10-17(22-6)11-9-16)15(3)20-18(23-7)13-25-21(4,5)26-20/h8-11,14-15,18-20H,12-13H2,1-7H3/t15-,18+,19-,20-/m1/s1. The van der Waals surface area contributed by atoms with Crippen LogP contribution in [0.15, 0.2) is 24.3 Å². The summed E-state index contributed by atoms with van der Waals surface area (Å²) in [4.78, 5) is 0. The predicted molar refractivity (Wildman–Crippen MR) is 101 cm³/mol. The van der Waals surface area contributed by atoms with Crippen LogP contribution in [0, 0.1) is 11.8 Å². The summed E-state index contributed by atoms with van der Waals surface area (Å²) in [6.07, 6.45) is -0.121. The normalized spacial score (nSPS) is 25.1. The van der Waals surface area contributed by atoms with Crippen molar-refractivity contribution in [1.29, 1.82) is 0 Å². The molecule has 0 amide bonds. The third-order valence-corrected chi connectivity index (χ3v) is 4.98. The molecule has 1 aliphatic rings. The fourth-order valence-electron chi connectivity index (χ4n) is 3.52. The van der Waals surface area contributed by atoms with Crippen LogP contribution in [0.1, 0.15) is 40.2 Å². The molecule has 1 heterocycles. The van der Waals surface area contributed by atoms with E-state index < -0.39 is 5.79 Å². The Morgan fingerprint density at radius 2 is 1.77 bits per heavy atom. The number of hydrogen-bond acceptors (Lipinski definition) is 5. The average Bonchev–Trinajstić information content (AvgIpc) is 2.61. The summed E-state index contributed by atoms with van der Waals surface area (Å²) in [6.45, 7) is 11.5. The topological polar surface area (TPSA) is 46.2 Å². The van der Waals surface area contributed by atoms with Gasteiger partial charge in [-0.15, -0.1) is 0 Å². The van der Waals surface area contributed by atoms with Crippen LogP contribution < -0.4 is 4.74 Å². The molecule has 5 nitrogen and oxygen atoms in total. The zero-order valence-electron chi connectivity index (χ0n) is 17.2. The number of rotatable bonds is 8. The highest BCUT2D eigenvalue weighted by atomic mass is 16.7. The van der Waals surface area contributed by atoms with Crippen molar-refractivity contribution in [3.63, 3.8) is 0 Å². The lowest BCUT2D eigenvalue weighted by Gasteiger charge is -2.45. The van der Waals surface area contributed by atoms with Crippen molar-refractivity contribution >= 4 is 0 Å². The van der Waals surface area contributed by atoms with Crippen LogP contribution in [0.2, 0.25) is 0 Å². The third-order valence-electron chi connectivity index (χ3n) is 4.98. The van der Waals surface area contributed by atoms with Crippen molar-refractivity contribution in [1.82, 2.24) is 0 Å². The van der Waals surface area contributed by atoms with E-state index in [9.17, 15) is 0 Å². The monoisotopic (exact) mass is 366 g/mol. The van der Waals surface area contributed by atoms with Gasteiger partial charge in [0.15, 0.2) is 5.79 Å². The van der Waals surface area contributed by atoms with Crippen LogP contribution in [0.4, 0.5) is 0 Å². The number of ether oxygens (including phenoxy) is 5. The zero-order valence-corrected chi connectivity index (χ0v) is 17.2. The van der Waals surface area contributed by atoms with Crippen molar-refractivity contribution in [2.75, 3.05) is 20.8 Å². The van der Waals surface area contributed by atoms with Crippen molar-refractivity contribution in [3.05, 3.63) is 29.8 Å². The molecule has 1 aromatic rings. The summed E-state index contributed by atoms with van der Waals surface area (Å²) >= 11 is 0. The van der Waals surface area contributed by atoms with E-state index in [4.69, 9.17) is 23.7 Å². The first-order chi connectivity index (χ1) is 12.3. The van der Waals surface area contributed by atoms with E-state index in [2.05, 4.69) is 20.8 Å². The van der Waals surface area contributed by atoms with Crippen LogP contribution in [0.3, 0.4) is 0 Å². The van der Waals surface area contributed by atoms with E-state index in [-0.39, 0.29) is 24.2 Å². The van der Waals surface area contributed by atoms with Crippen molar-refractivity contribution in [3.8, 4) is 5.75 Å². The Kier molecular flexibility index (Phi) is 7.47. The molecular formula is C21H34O5. The highest BCUT2D eigenvalue weighted by Gasteiger charge is 2.42. The van der Waals surface area contributed by atoms with Gasteiger partial charge in [0.1, 0.15) is 11.9 Å². The fourth-order valence-corrected chi connectivity index (χ4v) is 3.52. The minimum absolute atomic E-state index is 0.0497. The second-order valence-corrected chi connectivity index (χ2v) is 7.79. The Labute approximate surface area is 157 Å². The number of methoxy groups -OCH3 is 2. The average molecular weight is 366 g/mol. The van der Waals surface area contributed by atoms with Gasteiger partial charge in [0.2, 0.25) is 0 Å². The molecule has 0 unspecified atom stereocenters. The Bertz CT molecular complexity index is 540. The quantitative estimate of drug-likeness (QED) is 0.695. The van der Waals surface area contributed by atoms with Gasteiger partial charge in [-0.2, -0.15) is 0 Å². The molecule has 0 N–H and O–H groups in total. The van der Waals surface area contributed by atoms with Gasteiger partial charge in [0.25, 0.3) is 0 Å². The Balaban J connectivity index is 2.06. The minimum atomic E-state index is -0.606. The first-order valence-electron chi connectivity index (χ1n) is 9.36. The van der Waals surface area contributed by atoms with Gasteiger partial charge in [0, 0.05) is 13.0 Å². The lowest BCUT2D eigenvalue weighted by atomic mass is 9.87. The minimum Gasteiger partial charge on any atom is -0.497 e. The summed E-state index contributed by atoms with van der Waals surface area (Å²) in [7, 11) is 3.38. The van der Waals surface area contributed by atoms with E-state index in [0.717, 1.165) is 11.3 Å². The highest BCUT2D eigenvalue weighted by molar-refractivity contribution is 5.26. The summed E-state index contributed by atoms with van der Waals surface area (Å²) in [5.41, 5.74) is 1.13. The van der Waals surface area contributed by atoms with Crippen LogP contribution >= 0.6 is 0 Å².